The Morgan fingerprint density at radius 2 is 0.946 bits per heavy atom. The molecule has 0 aliphatic heterocycles. The van der Waals surface area contributed by atoms with Crippen LogP contribution in [0.15, 0.2) is 72.9 Å². The highest BCUT2D eigenvalue weighted by molar-refractivity contribution is 7.48. The van der Waals surface area contributed by atoms with Crippen LogP contribution >= 0.6 is 7.82 Å². The summed E-state index contributed by atoms with van der Waals surface area (Å²) in [6, 6.07) is 0. The molecule has 1 unspecified atom stereocenters. The third kappa shape index (κ3) is 24.6. The molecule has 0 rings (SSSR count). The molecule has 0 fully saturated rings. The van der Waals surface area contributed by atoms with Crippen molar-refractivity contribution >= 4 is 7.82 Å². The largest absolute Gasteiger partial charge is 0.475 e. The molecular weight excluding hydrogens is 479 g/mol. The zero-order valence-corrected chi connectivity index (χ0v) is 25.8. The van der Waals surface area contributed by atoms with Crippen LogP contribution in [0.3, 0.4) is 0 Å². The van der Waals surface area contributed by atoms with Gasteiger partial charge in [0.1, 0.15) is 0 Å². The third-order valence-electron chi connectivity index (χ3n) is 4.88. The lowest BCUT2D eigenvalue weighted by molar-refractivity contribution is -0.00105. The van der Waals surface area contributed by atoms with Gasteiger partial charge in [-0.1, -0.05) is 93.2 Å². The third-order valence-corrected chi connectivity index (χ3v) is 6.89. The molecule has 0 N–H and O–H groups in total. The van der Waals surface area contributed by atoms with E-state index < -0.39 is 19.0 Å². The first kappa shape index (κ1) is 35.5. The van der Waals surface area contributed by atoms with Gasteiger partial charge in [-0.2, -0.15) is 0 Å². The van der Waals surface area contributed by atoms with E-state index in [9.17, 15) is 4.57 Å². The zero-order chi connectivity index (χ0) is 28.0. The molecule has 0 spiro atoms. The van der Waals surface area contributed by atoms with Gasteiger partial charge in [0.05, 0.1) is 17.8 Å². The zero-order valence-electron chi connectivity index (χ0n) is 24.9. The van der Waals surface area contributed by atoms with Crippen molar-refractivity contribution in [1.29, 1.82) is 0 Å². The lowest BCUT2D eigenvalue weighted by atomic mass is 10.0. The molecule has 212 valence electrons. The van der Waals surface area contributed by atoms with E-state index in [1.54, 1.807) is 0 Å². The number of phosphoric acid groups is 1. The quantitative estimate of drug-likeness (QED) is 0.122. The van der Waals surface area contributed by atoms with Crippen LogP contribution < -0.4 is 0 Å². The van der Waals surface area contributed by atoms with Crippen LogP contribution in [-0.4, -0.2) is 17.8 Å². The molecule has 0 saturated carbocycles. The van der Waals surface area contributed by atoms with Crippen LogP contribution in [0.1, 0.15) is 107 Å². The summed E-state index contributed by atoms with van der Waals surface area (Å²) in [6.45, 7) is 15.7. The second kappa shape index (κ2) is 20.5. The molecule has 0 aromatic carbocycles. The van der Waals surface area contributed by atoms with Crippen molar-refractivity contribution in [2.45, 2.75) is 118 Å². The smallest absolute Gasteiger partial charge is 0.287 e. The monoisotopic (exact) mass is 534 g/mol. The van der Waals surface area contributed by atoms with Gasteiger partial charge < -0.3 is 0 Å². The maximum absolute atomic E-state index is 13.2. The fourth-order valence-corrected chi connectivity index (χ4v) is 4.98. The fourth-order valence-electron chi connectivity index (χ4n) is 3.10. The first-order valence-electron chi connectivity index (χ1n) is 14.0. The molecule has 0 bridgehead atoms. The highest BCUT2D eigenvalue weighted by atomic mass is 31.2. The van der Waals surface area contributed by atoms with Crippen molar-refractivity contribution in [3.8, 4) is 0 Å². The van der Waals surface area contributed by atoms with Gasteiger partial charge >= 0.3 is 7.82 Å². The van der Waals surface area contributed by atoms with Crippen LogP contribution in [0, 0.1) is 5.92 Å². The van der Waals surface area contributed by atoms with E-state index >= 15 is 0 Å². The Kier molecular flexibility index (Phi) is 19.7. The summed E-state index contributed by atoms with van der Waals surface area (Å²) in [7, 11) is -3.66. The Hall–Kier alpha value is -1.45. The first-order chi connectivity index (χ1) is 17.4. The van der Waals surface area contributed by atoms with Crippen molar-refractivity contribution in [3.05, 3.63) is 72.9 Å². The molecule has 0 aromatic heterocycles. The highest BCUT2D eigenvalue weighted by Gasteiger charge is 2.37. The molecule has 0 heterocycles. The van der Waals surface area contributed by atoms with Crippen molar-refractivity contribution in [2.24, 2.45) is 5.92 Å². The highest BCUT2D eigenvalue weighted by Crippen LogP contribution is 2.55. The molecule has 0 aromatic rings. The Morgan fingerprint density at radius 3 is 1.27 bits per heavy atom. The van der Waals surface area contributed by atoms with Gasteiger partial charge in [0.25, 0.3) is 0 Å². The van der Waals surface area contributed by atoms with Gasteiger partial charge in [-0.3, -0.25) is 13.6 Å². The van der Waals surface area contributed by atoms with Gasteiger partial charge in [-0.25, -0.2) is 4.57 Å². The predicted molar refractivity (Wildman–Crippen MR) is 162 cm³/mol. The van der Waals surface area contributed by atoms with Crippen molar-refractivity contribution < 1.29 is 18.1 Å². The summed E-state index contributed by atoms with van der Waals surface area (Å²) in [5.74, 6) is 0.255. The van der Waals surface area contributed by atoms with Crippen LogP contribution in [0.5, 0.6) is 0 Å². The standard InChI is InChI=1S/C32H55O4P/c1-9-11-12-13-14-15-16-17-18-19-20-21-22-23-24-25-26-27-28-30(10-2)29-34-37(33,35-31(3,4)5)36-32(6,7)8/h11-12,14-15,17-18,20-21,23-24,26-27,30H,9-10,13,16,19,22,25,28-29H2,1-8H3. The second-order valence-electron chi connectivity index (χ2n) is 11.1. The number of rotatable bonds is 19. The summed E-state index contributed by atoms with van der Waals surface area (Å²) < 4.78 is 30.4. The lowest BCUT2D eigenvalue weighted by Crippen LogP contribution is -2.25. The Bertz CT molecular complexity index is 769. The Labute approximate surface area is 229 Å². The van der Waals surface area contributed by atoms with Crippen LogP contribution in [0.2, 0.25) is 0 Å². The molecule has 4 nitrogen and oxygen atoms in total. The van der Waals surface area contributed by atoms with Gasteiger partial charge in [0, 0.05) is 0 Å². The van der Waals surface area contributed by atoms with E-state index in [1.165, 1.54) is 0 Å². The summed E-state index contributed by atoms with van der Waals surface area (Å²) in [6.07, 6.45) is 34.2. The molecule has 0 amide bonds. The van der Waals surface area contributed by atoms with E-state index in [0.29, 0.717) is 6.61 Å². The Morgan fingerprint density at radius 1 is 0.595 bits per heavy atom. The number of hydrogen-bond acceptors (Lipinski definition) is 4. The molecule has 0 aliphatic rings. The second-order valence-corrected chi connectivity index (χ2v) is 12.6. The lowest BCUT2D eigenvalue weighted by Gasteiger charge is -2.31. The normalized spacial score (nSPS) is 15.1. The average Bonchev–Trinajstić information content (AvgIpc) is 2.77. The van der Waals surface area contributed by atoms with Gasteiger partial charge in [0.2, 0.25) is 0 Å². The minimum Gasteiger partial charge on any atom is -0.287 e. The predicted octanol–water partition coefficient (Wildman–Crippen LogP) is 10.9. The molecule has 0 saturated heterocycles. The summed E-state index contributed by atoms with van der Waals surface area (Å²) in [5, 5.41) is 0. The number of phosphoric ester groups is 1. The average molecular weight is 535 g/mol. The van der Waals surface area contributed by atoms with E-state index in [-0.39, 0.29) is 5.92 Å². The molecule has 37 heavy (non-hydrogen) atoms. The van der Waals surface area contributed by atoms with E-state index in [1.807, 2.05) is 41.5 Å². The SMILES string of the molecule is CCC=CCC=CCC=CCC=CCC=CCC=CCC(CC)COP(=O)(OC(C)(C)C)OC(C)(C)C. The van der Waals surface area contributed by atoms with E-state index in [0.717, 1.165) is 51.4 Å². The molecule has 1 atom stereocenters. The van der Waals surface area contributed by atoms with Gasteiger partial charge in [-0.15, -0.1) is 0 Å². The molecular formula is C32H55O4P. The van der Waals surface area contributed by atoms with Crippen LogP contribution in [0.25, 0.3) is 0 Å². The fraction of sp³-hybridized carbons (Fsp3) is 0.625. The van der Waals surface area contributed by atoms with Crippen LogP contribution in [0.4, 0.5) is 0 Å². The minimum atomic E-state index is -3.66. The maximum atomic E-state index is 13.2. The van der Waals surface area contributed by atoms with Gasteiger partial charge in [0.15, 0.2) is 0 Å². The van der Waals surface area contributed by atoms with Crippen molar-refractivity contribution in [1.82, 2.24) is 0 Å². The topological polar surface area (TPSA) is 44.8 Å². The van der Waals surface area contributed by atoms with Gasteiger partial charge in [-0.05, 0) is 92.4 Å². The number of hydrogen-bond donors (Lipinski definition) is 0. The van der Waals surface area contributed by atoms with Crippen molar-refractivity contribution in [2.75, 3.05) is 6.61 Å². The summed E-state index contributed by atoms with van der Waals surface area (Å²) in [4.78, 5) is 0. The molecule has 0 radical (unpaired) electrons. The summed E-state index contributed by atoms with van der Waals surface area (Å²) >= 11 is 0. The number of allylic oxidation sites excluding steroid dienone is 12. The summed E-state index contributed by atoms with van der Waals surface area (Å²) in [5.41, 5.74) is -1.24. The van der Waals surface area contributed by atoms with Crippen molar-refractivity contribution in [3.63, 3.8) is 0 Å². The van der Waals surface area contributed by atoms with E-state index in [4.69, 9.17) is 13.6 Å². The van der Waals surface area contributed by atoms with E-state index in [2.05, 4.69) is 86.8 Å². The Balaban J connectivity index is 4.25. The first-order valence-corrected chi connectivity index (χ1v) is 15.4. The minimum absolute atomic E-state index is 0.255. The maximum Gasteiger partial charge on any atom is 0.475 e. The molecule has 0 aliphatic carbocycles. The molecule has 5 heteroatoms. The van der Waals surface area contributed by atoms with Crippen LogP contribution in [-0.2, 0) is 18.1 Å².